The van der Waals surface area contributed by atoms with Crippen molar-refractivity contribution in [2.24, 2.45) is 0 Å². The smallest absolute Gasteiger partial charge is 0.350 e. The monoisotopic (exact) mass is 426 g/mol. The van der Waals surface area contributed by atoms with Crippen LogP contribution in [0.25, 0.3) is 15.9 Å². The summed E-state index contributed by atoms with van der Waals surface area (Å²) in [7, 11) is 0. The molecule has 0 aliphatic carbocycles. The number of rotatable bonds is 4. The number of anilines is 2. The van der Waals surface area contributed by atoms with Gasteiger partial charge < -0.3 is 10.6 Å². The van der Waals surface area contributed by atoms with Gasteiger partial charge in [-0.1, -0.05) is 43.7 Å². The molecule has 1 atom stereocenters. The van der Waals surface area contributed by atoms with E-state index in [1.807, 2.05) is 48.5 Å². The Balaban J connectivity index is 1.64. The van der Waals surface area contributed by atoms with Crippen LogP contribution in [0.3, 0.4) is 0 Å². The largest absolute Gasteiger partial charge is 0.381 e. The van der Waals surface area contributed by atoms with Crippen LogP contribution < -0.4 is 15.7 Å². The lowest BCUT2D eigenvalue weighted by Gasteiger charge is -2.25. The molecule has 3 N–H and O–H groups in total. The third kappa shape index (κ3) is 3.18. The standard InChI is InChI=1S/C23H19N7O2/c1-3-8-17-21(24-2)19(15-11-7-12-18-20(15)29-32-28-18)16-13-25-30(22(16)27-17)23(31)26-14-9-5-4-6-10-14/h4-7,9-13,19,27H,3,8H2,1H3,(H,26,31)/p+1. The van der Waals surface area contributed by atoms with Crippen molar-refractivity contribution in [2.75, 3.05) is 10.6 Å². The van der Waals surface area contributed by atoms with E-state index >= 15 is 0 Å². The van der Waals surface area contributed by atoms with E-state index < -0.39 is 5.92 Å². The second-order valence-corrected chi connectivity index (χ2v) is 7.47. The number of fused-ring (bicyclic) bond motifs is 2. The SMILES string of the molecule is [C-]#[N+]C1=C(CCC)Nc2c(c[nH+]n2C(=O)Nc2ccccc2)C1c1cccc2nonc12. The van der Waals surface area contributed by atoms with E-state index in [1.165, 1.54) is 4.68 Å². The molecule has 2 aromatic carbocycles. The first-order valence-electron chi connectivity index (χ1n) is 10.3. The number of nitrogens with one attached hydrogen (secondary N) is 3. The fourth-order valence-corrected chi connectivity index (χ4v) is 4.08. The number of benzene rings is 2. The summed E-state index contributed by atoms with van der Waals surface area (Å²) in [5.74, 6) is 0.177. The van der Waals surface area contributed by atoms with Crippen LogP contribution in [-0.4, -0.2) is 21.0 Å². The van der Waals surface area contributed by atoms with E-state index in [9.17, 15) is 4.79 Å². The highest BCUT2D eigenvalue weighted by atomic mass is 16.6. The fourth-order valence-electron chi connectivity index (χ4n) is 4.08. The number of carbonyl (C=O) groups excluding carboxylic acids is 1. The molecular weight excluding hydrogens is 406 g/mol. The number of hydrogen-bond acceptors (Lipinski definition) is 5. The molecule has 5 rings (SSSR count). The highest BCUT2D eigenvalue weighted by molar-refractivity contribution is 5.93. The minimum atomic E-state index is -0.414. The maximum Gasteiger partial charge on any atom is 0.381 e. The predicted octanol–water partition coefficient (Wildman–Crippen LogP) is 4.41. The van der Waals surface area contributed by atoms with Gasteiger partial charge in [-0.05, 0) is 45.2 Å². The first-order chi connectivity index (χ1) is 15.7. The molecule has 0 bridgehead atoms. The summed E-state index contributed by atoms with van der Waals surface area (Å²) in [6, 6.07) is 14.5. The zero-order valence-corrected chi connectivity index (χ0v) is 17.3. The van der Waals surface area contributed by atoms with Gasteiger partial charge in [-0.2, -0.15) is 0 Å². The molecule has 0 saturated carbocycles. The highest BCUT2D eigenvalue weighted by Gasteiger charge is 2.38. The molecule has 158 valence electrons. The van der Waals surface area contributed by atoms with Crippen LogP contribution in [0.5, 0.6) is 0 Å². The zero-order valence-electron chi connectivity index (χ0n) is 17.3. The molecule has 9 heteroatoms. The van der Waals surface area contributed by atoms with E-state index in [-0.39, 0.29) is 6.03 Å². The lowest BCUT2D eigenvalue weighted by atomic mass is 9.85. The molecule has 32 heavy (non-hydrogen) atoms. The Bertz CT molecular complexity index is 1380. The first-order valence-corrected chi connectivity index (χ1v) is 10.3. The van der Waals surface area contributed by atoms with Gasteiger partial charge in [-0.25, -0.2) is 14.3 Å². The summed E-state index contributed by atoms with van der Waals surface area (Å²) in [5, 5.41) is 17.3. The summed E-state index contributed by atoms with van der Waals surface area (Å²) in [6.07, 6.45) is 3.27. The van der Waals surface area contributed by atoms with Gasteiger partial charge >= 0.3 is 6.03 Å². The molecule has 1 amide bonds. The maximum absolute atomic E-state index is 13.0. The van der Waals surface area contributed by atoms with Crippen LogP contribution >= 0.6 is 0 Å². The molecule has 1 unspecified atom stereocenters. The first kappa shape index (κ1) is 19.5. The lowest BCUT2D eigenvalue weighted by molar-refractivity contribution is -0.469. The van der Waals surface area contributed by atoms with Crippen molar-refractivity contribution in [1.82, 2.24) is 15.0 Å². The number of allylic oxidation sites excluding steroid dienone is 2. The Morgan fingerprint density at radius 2 is 2.06 bits per heavy atom. The molecule has 1 aliphatic rings. The highest BCUT2D eigenvalue weighted by Crippen LogP contribution is 2.44. The van der Waals surface area contributed by atoms with Gasteiger partial charge in [0.05, 0.1) is 18.1 Å². The Morgan fingerprint density at radius 1 is 1.22 bits per heavy atom. The normalized spacial score (nSPS) is 15.2. The second-order valence-electron chi connectivity index (χ2n) is 7.47. The summed E-state index contributed by atoms with van der Waals surface area (Å²) < 4.78 is 6.37. The number of nitrogens with zero attached hydrogens (tertiary/aromatic N) is 4. The molecule has 0 spiro atoms. The van der Waals surface area contributed by atoms with Crippen LogP contribution in [-0.2, 0) is 0 Å². The number of H-pyrrole nitrogens is 1. The summed E-state index contributed by atoms with van der Waals surface area (Å²) in [4.78, 5) is 16.9. The average molecular weight is 426 g/mol. The second kappa shape index (κ2) is 8.00. The average Bonchev–Trinajstić information content (AvgIpc) is 3.46. The zero-order chi connectivity index (χ0) is 22.1. The Labute approximate surface area is 183 Å². The molecule has 3 heterocycles. The maximum atomic E-state index is 13.0. The van der Waals surface area contributed by atoms with Crippen LogP contribution in [0, 0.1) is 6.57 Å². The number of hydrogen-bond donors (Lipinski definition) is 2. The third-order valence-electron chi connectivity index (χ3n) is 5.49. The Hall–Kier alpha value is -4.45. The Morgan fingerprint density at radius 3 is 2.84 bits per heavy atom. The summed E-state index contributed by atoms with van der Waals surface area (Å²) in [5.41, 5.74) is 4.84. The number of aromatic nitrogens is 4. The number of aromatic amines is 1. The molecule has 9 nitrogen and oxygen atoms in total. The molecule has 4 aromatic rings. The van der Waals surface area contributed by atoms with E-state index in [4.69, 9.17) is 11.2 Å². The molecular formula is C23H20N7O2+. The van der Waals surface area contributed by atoms with Crippen molar-refractivity contribution in [3.63, 3.8) is 0 Å². The van der Waals surface area contributed by atoms with Gasteiger partial charge in [-0.15, -0.1) is 5.10 Å². The van der Waals surface area contributed by atoms with E-state index in [0.29, 0.717) is 34.7 Å². The van der Waals surface area contributed by atoms with Gasteiger partial charge in [0, 0.05) is 11.4 Å². The minimum absolute atomic E-state index is 0.341. The minimum Gasteiger partial charge on any atom is -0.350 e. The van der Waals surface area contributed by atoms with Crippen LogP contribution in [0.15, 0.2) is 70.8 Å². The molecule has 2 aromatic heterocycles. The Kier molecular flexibility index (Phi) is 4.88. The number of para-hydroxylation sites is 1. The van der Waals surface area contributed by atoms with Crippen molar-refractivity contribution >= 4 is 28.6 Å². The lowest BCUT2D eigenvalue weighted by Crippen LogP contribution is -2.32. The van der Waals surface area contributed by atoms with Crippen molar-refractivity contribution < 1.29 is 14.5 Å². The molecule has 0 saturated heterocycles. The quantitative estimate of drug-likeness (QED) is 0.471. The van der Waals surface area contributed by atoms with Crippen molar-refractivity contribution in [3.8, 4) is 0 Å². The van der Waals surface area contributed by atoms with Crippen LogP contribution in [0.2, 0.25) is 0 Å². The van der Waals surface area contributed by atoms with E-state index in [2.05, 4.69) is 37.8 Å². The van der Waals surface area contributed by atoms with Gasteiger partial charge in [-0.3, -0.25) is 0 Å². The third-order valence-corrected chi connectivity index (χ3v) is 5.49. The van der Waals surface area contributed by atoms with E-state index in [0.717, 1.165) is 23.2 Å². The van der Waals surface area contributed by atoms with Gasteiger partial charge in [0.25, 0.3) is 0 Å². The molecule has 0 fully saturated rings. The summed E-state index contributed by atoms with van der Waals surface area (Å²) in [6.45, 7) is 9.96. The van der Waals surface area contributed by atoms with Crippen LogP contribution in [0.1, 0.15) is 36.8 Å². The number of carbonyl (C=O) groups is 1. The van der Waals surface area contributed by atoms with Gasteiger partial charge in [0.15, 0.2) is 17.7 Å². The predicted molar refractivity (Wildman–Crippen MR) is 118 cm³/mol. The summed E-state index contributed by atoms with van der Waals surface area (Å²) >= 11 is 0. The van der Waals surface area contributed by atoms with Crippen molar-refractivity contribution in [2.45, 2.75) is 25.7 Å². The fraction of sp³-hybridized carbons (Fsp3) is 0.174. The van der Waals surface area contributed by atoms with Gasteiger partial charge in [0.1, 0.15) is 11.0 Å². The van der Waals surface area contributed by atoms with Gasteiger partial charge in [0.2, 0.25) is 0 Å². The number of amides is 1. The van der Waals surface area contributed by atoms with Crippen molar-refractivity contribution in [3.05, 3.63) is 88.7 Å². The van der Waals surface area contributed by atoms with Crippen LogP contribution in [0.4, 0.5) is 16.3 Å². The molecule has 0 radical (unpaired) electrons. The van der Waals surface area contributed by atoms with Crippen molar-refractivity contribution in [1.29, 1.82) is 0 Å². The molecule has 1 aliphatic heterocycles. The topological polar surface area (TPSA) is 103 Å². The van der Waals surface area contributed by atoms with E-state index in [1.54, 1.807) is 6.20 Å².